The fourth-order valence-electron chi connectivity index (χ4n) is 9.13. The van der Waals surface area contributed by atoms with Crippen molar-refractivity contribution in [1.82, 2.24) is 0 Å². The van der Waals surface area contributed by atoms with Gasteiger partial charge in [-0.05, 0) is 44.9 Å². The number of carbonyl (C=O) groups is 3. The van der Waals surface area contributed by atoms with Crippen molar-refractivity contribution in [1.29, 1.82) is 0 Å². The molecule has 400 valence electrons. The third-order valence-electron chi connectivity index (χ3n) is 13.7. The van der Waals surface area contributed by atoms with Crippen LogP contribution in [0.2, 0.25) is 0 Å². The van der Waals surface area contributed by atoms with Crippen molar-refractivity contribution in [2.45, 2.75) is 341 Å². The second kappa shape index (κ2) is 57.5. The van der Waals surface area contributed by atoms with E-state index >= 15 is 0 Å². The number of esters is 3. The zero-order valence-electron chi connectivity index (χ0n) is 45.9. The van der Waals surface area contributed by atoms with Gasteiger partial charge in [-0.2, -0.15) is 0 Å². The molecule has 0 fully saturated rings. The van der Waals surface area contributed by atoms with Crippen molar-refractivity contribution in [3.63, 3.8) is 0 Å². The Hall–Kier alpha value is -2.11. The smallest absolute Gasteiger partial charge is 0.306 e. The van der Waals surface area contributed by atoms with E-state index in [0.29, 0.717) is 19.3 Å². The van der Waals surface area contributed by atoms with Gasteiger partial charge in [0, 0.05) is 19.3 Å². The van der Waals surface area contributed by atoms with E-state index < -0.39 is 6.10 Å². The van der Waals surface area contributed by atoms with Gasteiger partial charge in [-0.1, -0.05) is 295 Å². The minimum Gasteiger partial charge on any atom is -0.462 e. The highest BCUT2D eigenvalue weighted by atomic mass is 16.6. The van der Waals surface area contributed by atoms with E-state index in [0.717, 1.165) is 89.9 Å². The molecule has 6 heteroatoms. The molecule has 0 rings (SSSR count). The summed E-state index contributed by atoms with van der Waals surface area (Å²) in [7, 11) is 0. The Morgan fingerprint density at radius 3 is 0.868 bits per heavy atom. The fraction of sp³-hybridized carbons (Fsp3) is 0.887. The molecule has 0 aliphatic carbocycles. The zero-order valence-corrected chi connectivity index (χ0v) is 45.9. The summed E-state index contributed by atoms with van der Waals surface area (Å²) in [4.78, 5) is 38.0. The van der Waals surface area contributed by atoms with Crippen LogP contribution in [0.3, 0.4) is 0 Å². The number of carbonyl (C=O) groups excluding carboxylic acids is 3. The summed E-state index contributed by atoms with van der Waals surface area (Å²) in [5.41, 5.74) is 0. The summed E-state index contributed by atoms with van der Waals surface area (Å²) < 4.78 is 16.8. The predicted octanol–water partition coefficient (Wildman–Crippen LogP) is 20.3. The van der Waals surface area contributed by atoms with Gasteiger partial charge in [0.15, 0.2) is 6.10 Å². The van der Waals surface area contributed by atoms with Crippen molar-refractivity contribution >= 4 is 17.9 Å². The maximum Gasteiger partial charge on any atom is 0.306 e. The first-order valence-electron chi connectivity index (χ1n) is 30.3. The maximum absolute atomic E-state index is 12.8. The van der Waals surface area contributed by atoms with Crippen LogP contribution in [0.25, 0.3) is 0 Å². The molecule has 0 amide bonds. The number of rotatable bonds is 56. The van der Waals surface area contributed by atoms with Gasteiger partial charge in [0.25, 0.3) is 0 Å². The number of allylic oxidation sites excluding steroid dienone is 4. The second-order valence-electron chi connectivity index (χ2n) is 20.6. The first kappa shape index (κ1) is 65.9. The molecule has 0 heterocycles. The normalized spacial score (nSPS) is 12.1. The van der Waals surface area contributed by atoms with Crippen molar-refractivity contribution in [2.24, 2.45) is 0 Å². The van der Waals surface area contributed by atoms with Crippen molar-refractivity contribution < 1.29 is 28.6 Å². The Bertz CT molecular complexity index is 1100. The molecule has 1 unspecified atom stereocenters. The average Bonchev–Trinajstić information content (AvgIpc) is 3.34. The van der Waals surface area contributed by atoms with E-state index in [-0.39, 0.29) is 31.1 Å². The number of unbranched alkanes of at least 4 members (excludes halogenated alkanes) is 41. The third kappa shape index (κ3) is 54.8. The molecule has 0 aromatic carbocycles. The van der Waals surface area contributed by atoms with Crippen LogP contribution in [0.5, 0.6) is 0 Å². The first-order chi connectivity index (χ1) is 33.5. The van der Waals surface area contributed by atoms with Gasteiger partial charge in [0.1, 0.15) is 13.2 Å². The van der Waals surface area contributed by atoms with E-state index in [1.165, 1.54) is 205 Å². The van der Waals surface area contributed by atoms with Crippen molar-refractivity contribution in [3.05, 3.63) is 24.3 Å². The van der Waals surface area contributed by atoms with E-state index in [1.54, 1.807) is 0 Å². The van der Waals surface area contributed by atoms with Gasteiger partial charge < -0.3 is 14.2 Å². The Kier molecular flexibility index (Phi) is 55.7. The van der Waals surface area contributed by atoms with Gasteiger partial charge in [-0.15, -0.1) is 0 Å². The quantitative estimate of drug-likeness (QED) is 0.0262. The molecule has 6 nitrogen and oxygen atoms in total. The molecule has 0 aliphatic heterocycles. The van der Waals surface area contributed by atoms with Crippen LogP contribution in [0.4, 0.5) is 0 Å². The summed E-state index contributed by atoms with van der Waals surface area (Å²) in [5.74, 6) is -0.871. The number of ether oxygens (including phenoxy) is 3. The van der Waals surface area contributed by atoms with Crippen LogP contribution in [0.1, 0.15) is 335 Å². The molecule has 0 aromatic heterocycles. The predicted molar refractivity (Wildman–Crippen MR) is 293 cm³/mol. The van der Waals surface area contributed by atoms with Gasteiger partial charge in [0.2, 0.25) is 0 Å². The van der Waals surface area contributed by atoms with Crippen molar-refractivity contribution in [3.8, 4) is 0 Å². The first-order valence-corrected chi connectivity index (χ1v) is 30.3. The Balaban J connectivity index is 4.05. The van der Waals surface area contributed by atoms with Gasteiger partial charge in [0.05, 0.1) is 0 Å². The Morgan fingerprint density at radius 1 is 0.294 bits per heavy atom. The zero-order chi connectivity index (χ0) is 49.3. The number of hydrogen-bond donors (Lipinski definition) is 0. The van der Waals surface area contributed by atoms with Crippen molar-refractivity contribution in [2.75, 3.05) is 13.2 Å². The molecular weight excluding hydrogens is 841 g/mol. The molecule has 0 saturated carbocycles. The summed E-state index contributed by atoms with van der Waals surface area (Å²) in [6.45, 7) is 6.59. The molecular formula is C62H116O6. The molecule has 0 saturated heterocycles. The van der Waals surface area contributed by atoms with E-state index in [1.807, 2.05) is 0 Å². The second-order valence-corrected chi connectivity index (χ2v) is 20.6. The van der Waals surface area contributed by atoms with Crippen LogP contribution in [-0.4, -0.2) is 37.2 Å². The van der Waals surface area contributed by atoms with E-state index in [9.17, 15) is 14.4 Å². The van der Waals surface area contributed by atoms with Crippen LogP contribution in [-0.2, 0) is 28.6 Å². The molecule has 0 aromatic rings. The highest BCUT2D eigenvalue weighted by Crippen LogP contribution is 2.18. The monoisotopic (exact) mass is 957 g/mol. The Labute approximate surface area is 423 Å². The standard InChI is InChI=1S/C62H116O6/c1-4-7-10-13-16-19-21-23-24-25-26-27-28-29-30-31-32-33-34-35-36-37-39-40-43-46-49-52-55-61(64)67-58-59(57-66-60(63)54-51-48-45-42-18-15-12-9-6-3)68-62(65)56-53-50-47-44-41-38-22-20-17-14-11-8-5-2/h11,14,20,22,59H,4-10,12-13,15-19,21,23-58H2,1-3H3/b14-11-,22-20-. The van der Waals surface area contributed by atoms with Gasteiger partial charge in [-0.3, -0.25) is 14.4 Å². The van der Waals surface area contributed by atoms with Gasteiger partial charge in [-0.25, -0.2) is 0 Å². The molecule has 68 heavy (non-hydrogen) atoms. The summed E-state index contributed by atoms with van der Waals surface area (Å²) in [6.07, 6.45) is 67.8. The third-order valence-corrected chi connectivity index (χ3v) is 13.7. The molecule has 1 atom stereocenters. The minimum absolute atomic E-state index is 0.0721. The molecule has 0 aliphatic rings. The molecule has 0 spiro atoms. The molecule has 0 bridgehead atoms. The van der Waals surface area contributed by atoms with Crippen LogP contribution in [0.15, 0.2) is 24.3 Å². The van der Waals surface area contributed by atoms with E-state index in [2.05, 4.69) is 45.1 Å². The topological polar surface area (TPSA) is 78.9 Å². The molecule has 0 radical (unpaired) electrons. The van der Waals surface area contributed by atoms with Crippen LogP contribution >= 0.6 is 0 Å². The fourth-order valence-corrected chi connectivity index (χ4v) is 9.13. The maximum atomic E-state index is 12.8. The highest BCUT2D eigenvalue weighted by molar-refractivity contribution is 5.71. The lowest BCUT2D eigenvalue weighted by molar-refractivity contribution is -0.167. The Morgan fingerprint density at radius 2 is 0.559 bits per heavy atom. The lowest BCUT2D eigenvalue weighted by atomic mass is 10.0. The number of hydrogen-bond acceptors (Lipinski definition) is 6. The lowest BCUT2D eigenvalue weighted by Crippen LogP contribution is -2.30. The largest absolute Gasteiger partial charge is 0.462 e. The highest BCUT2D eigenvalue weighted by Gasteiger charge is 2.19. The molecule has 0 N–H and O–H groups in total. The average molecular weight is 958 g/mol. The van der Waals surface area contributed by atoms with E-state index in [4.69, 9.17) is 14.2 Å². The summed E-state index contributed by atoms with van der Waals surface area (Å²) >= 11 is 0. The summed E-state index contributed by atoms with van der Waals surface area (Å²) in [6, 6.07) is 0. The lowest BCUT2D eigenvalue weighted by Gasteiger charge is -2.18. The SMILES string of the molecule is CCC/C=C\C/C=C\CCCCCCCC(=O)OC(COC(=O)CCCCCCCCCCC)COC(=O)CCCCCCCCCCCCCCCCCCCCCCCCCCCCCC. The summed E-state index contributed by atoms with van der Waals surface area (Å²) in [5, 5.41) is 0. The van der Waals surface area contributed by atoms with Crippen LogP contribution in [0, 0.1) is 0 Å². The minimum atomic E-state index is -0.772. The van der Waals surface area contributed by atoms with Gasteiger partial charge >= 0.3 is 17.9 Å². The van der Waals surface area contributed by atoms with Crippen LogP contribution < -0.4 is 0 Å².